The minimum absolute atomic E-state index is 1.03. The van der Waals surface area contributed by atoms with Gasteiger partial charge in [-0.15, -0.1) is 0 Å². The molecule has 0 fully saturated rings. The number of unbranched alkanes of at least 4 members (excludes halogenated alkanes) is 17. The van der Waals surface area contributed by atoms with Gasteiger partial charge in [-0.1, -0.05) is 207 Å². The summed E-state index contributed by atoms with van der Waals surface area (Å²) in [7, 11) is 0. The molecule has 2 unspecified atom stereocenters. The van der Waals surface area contributed by atoms with Gasteiger partial charge in [0.25, 0.3) is 0 Å². The third-order valence-electron chi connectivity index (χ3n) is 8.34. The van der Waals surface area contributed by atoms with Gasteiger partial charge >= 0.3 is 0 Å². The lowest BCUT2D eigenvalue weighted by Crippen LogP contribution is -2.04. The van der Waals surface area contributed by atoms with Crippen LogP contribution >= 0.6 is 0 Å². The lowest BCUT2D eigenvalue weighted by Gasteiger charge is -2.19. The summed E-state index contributed by atoms with van der Waals surface area (Å²) in [5, 5.41) is 0. The van der Waals surface area contributed by atoms with Gasteiger partial charge in [-0.25, -0.2) is 0 Å². The first-order valence-electron chi connectivity index (χ1n) is 16.8. The quantitative estimate of drug-likeness (QED) is 0.0937. The highest BCUT2D eigenvalue weighted by atomic mass is 14.2. The number of hydrogen-bond donors (Lipinski definition) is 0. The molecule has 2 atom stereocenters. The fourth-order valence-electron chi connectivity index (χ4n) is 5.85. The van der Waals surface area contributed by atoms with E-state index in [0.717, 1.165) is 11.8 Å². The van der Waals surface area contributed by atoms with Crippen molar-refractivity contribution >= 4 is 0 Å². The second-order valence-corrected chi connectivity index (χ2v) is 11.8. The van der Waals surface area contributed by atoms with E-state index in [2.05, 4.69) is 27.7 Å². The van der Waals surface area contributed by atoms with Crippen LogP contribution in [-0.2, 0) is 0 Å². The van der Waals surface area contributed by atoms with Crippen molar-refractivity contribution in [3.8, 4) is 0 Å². The fourth-order valence-corrected chi connectivity index (χ4v) is 5.85. The highest BCUT2D eigenvalue weighted by Crippen LogP contribution is 2.27. The van der Waals surface area contributed by atoms with Crippen LogP contribution in [0.25, 0.3) is 0 Å². The average Bonchev–Trinajstić information content (AvgIpc) is 2.85. The maximum absolute atomic E-state index is 2.37. The number of hydrogen-bond acceptors (Lipinski definition) is 0. The first kappa shape index (κ1) is 34.0. The van der Waals surface area contributed by atoms with Crippen LogP contribution in [-0.4, -0.2) is 0 Å². The Hall–Kier alpha value is 0. The van der Waals surface area contributed by atoms with Crippen molar-refractivity contribution in [3.63, 3.8) is 0 Å². The van der Waals surface area contributed by atoms with Gasteiger partial charge in [-0.3, -0.25) is 0 Å². The molecule has 0 heteroatoms. The largest absolute Gasteiger partial charge is 0.0654 e. The molecule has 0 aromatic heterocycles. The van der Waals surface area contributed by atoms with Crippen LogP contribution in [0.2, 0.25) is 0 Å². The molecular weight excluding hydrogens is 408 g/mol. The Kier molecular flexibility index (Phi) is 29.2. The van der Waals surface area contributed by atoms with Crippen LogP contribution in [0.15, 0.2) is 0 Å². The van der Waals surface area contributed by atoms with E-state index >= 15 is 0 Å². The molecule has 0 saturated heterocycles. The predicted molar refractivity (Wildman–Crippen MR) is 159 cm³/mol. The van der Waals surface area contributed by atoms with Crippen LogP contribution in [0.3, 0.4) is 0 Å². The summed E-state index contributed by atoms with van der Waals surface area (Å²) < 4.78 is 0. The van der Waals surface area contributed by atoms with E-state index in [1.54, 1.807) is 0 Å². The second-order valence-electron chi connectivity index (χ2n) is 11.8. The third kappa shape index (κ3) is 25.1. The van der Waals surface area contributed by atoms with Crippen LogP contribution in [0, 0.1) is 11.8 Å². The molecule has 0 heterocycles. The van der Waals surface area contributed by atoms with Gasteiger partial charge in [0, 0.05) is 0 Å². The normalized spacial score (nSPS) is 13.4. The first-order chi connectivity index (χ1) is 16.8. The lowest BCUT2D eigenvalue weighted by atomic mass is 9.87. The zero-order valence-corrected chi connectivity index (χ0v) is 25.0. The Balaban J connectivity index is 3.98. The van der Waals surface area contributed by atoms with Gasteiger partial charge in [0.15, 0.2) is 0 Å². The molecule has 0 spiro atoms. The minimum atomic E-state index is 1.03. The minimum Gasteiger partial charge on any atom is -0.0654 e. The van der Waals surface area contributed by atoms with Gasteiger partial charge in [-0.2, -0.15) is 0 Å². The van der Waals surface area contributed by atoms with Crippen molar-refractivity contribution in [1.29, 1.82) is 0 Å². The molecule has 206 valence electrons. The van der Waals surface area contributed by atoms with E-state index in [1.807, 2.05) is 0 Å². The third-order valence-corrected chi connectivity index (χ3v) is 8.34. The van der Waals surface area contributed by atoms with Crippen LogP contribution in [0.1, 0.15) is 207 Å². The van der Waals surface area contributed by atoms with Crippen LogP contribution < -0.4 is 0 Å². The molecule has 0 saturated carbocycles. The maximum Gasteiger partial charge on any atom is -0.0414 e. The van der Waals surface area contributed by atoms with Gasteiger partial charge in [-0.05, 0) is 11.8 Å². The topological polar surface area (TPSA) is 0 Å². The van der Waals surface area contributed by atoms with Crippen molar-refractivity contribution in [3.05, 3.63) is 0 Å². The first-order valence-corrected chi connectivity index (χ1v) is 16.8. The van der Waals surface area contributed by atoms with Crippen molar-refractivity contribution in [1.82, 2.24) is 0 Å². The zero-order chi connectivity index (χ0) is 25.0. The molecule has 0 radical (unpaired) electrons. The molecule has 34 heavy (non-hydrogen) atoms. The van der Waals surface area contributed by atoms with Crippen molar-refractivity contribution in [2.75, 3.05) is 0 Å². The van der Waals surface area contributed by atoms with E-state index in [-0.39, 0.29) is 0 Å². The Morgan fingerprint density at radius 2 is 0.441 bits per heavy atom. The van der Waals surface area contributed by atoms with Crippen molar-refractivity contribution in [2.24, 2.45) is 11.8 Å². The van der Waals surface area contributed by atoms with Crippen LogP contribution in [0.5, 0.6) is 0 Å². The molecule has 0 bridgehead atoms. The summed E-state index contributed by atoms with van der Waals surface area (Å²) in [6.45, 7) is 9.38. The molecule has 0 rings (SSSR count). The zero-order valence-electron chi connectivity index (χ0n) is 25.0. The Labute approximate surface area is 219 Å². The van der Waals surface area contributed by atoms with E-state index in [0.29, 0.717) is 0 Å². The smallest absolute Gasteiger partial charge is 0.0414 e. The van der Waals surface area contributed by atoms with E-state index in [4.69, 9.17) is 0 Å². The lowest BCUT2D eigenvalue weighted by molar-refractivity contribution is 0.342. The van der Waals surface area contributed by atoms with Gasteiger partial charge in [0.1, 0.15) is 0 Å². The fraction of sp³-hybridized carbons (Fsp3) is 1.00. The second kappa shape index (κ2) is 29.2. The molecule has 0 N–H and O–H groups in total. The monoisotopic (exact) mass is 479 g/mol. The van der Waals surface area contributed by atoms with E-state index in [1.165, 1.54) is 180 Å². The highest BCUT2D eigenvalue weighted by molar-refractivity contribution is 4.65. The summed E-state index contributed by atoms with van der Waals surface area (Å²) in [5.41, 5.74) is 0. The summed E-state index contributed by atoms with van der Waals surface area (Å²) in [4.78, 5) is 0. The molecule has 0 aromatic rings. The standard InChI is InChI=1S/C34H70/c1-5-9-13-15-17-19-21-23-29-33(27-11-7-3)31-25-26-32-34(28-12-8-4)30-24-22-20-18-16-14-10-6-2/h33-34H,5-32H2,1-4H3. The average molecular weight is 479 g/mol. The Morgan fingerprint density at radius 3 is 0.735 bits per heavy atom. The molecule has 0 amide bonds. The van der Waals surface area contributed by atoms with Gasteiger partial charge < -0.3 is 0 Å². The molecule has 0 aliphatic rings. The SMILES string of the molecule is CCCCCCCCCCC(CCCC)CCCCC(CCCC)CCCCCCCCCC. The van der Waals surface area contributed by atoms with Crippen LogP contribution in [0.4, 0.5) is 0 Å². The molecule has 0 aliphatic carbocycles. The highest BCUT2D eigenvalue weighted by Gasteiger charge is 2.11. The Bertz CT molecular complexity index is 312. The molecule has 0 aliphatic heterocycles. The predicted octanol–water partition coefficient (Wildman–Crippen LogP) is 13.2. The van der Waals surface area contributed by atoms with Gasteiger partial charge in [0.05, 0.1) is 0 Å². The van der Waals surface area contributed by atoms with Gasteiger partial charge in [0.2, 0.25) is 0 Å². The molecular formula is C34H70. The molecule has 0 aromatic carbocycles. The summed E-state index contributed by atoms with van der Waals surface area (Å²) in [6, 6.07) is 0. The van der Waals surface area contributed by atoms with Crippen molar-refractivity contribution < 1.29 is 0 Å². The summed E-state index contributed by atoms with van der Waals surface area (Å²) in [5.74, 6) is 2.06. The summed E-state index contributed by atoms with van der Waals surface area (Å²) >= 11 is 0. The van der Waals surface area contributed by atoms with Crippen molar-refractivity contribution in [2.45, 2.75) is 207 Å². The van der Waals surface area contributed by atoms with E-state index in [9.17, 15) is 0 Å². The Morgan fingerprint density at radius 1 is 0.235 bits per heavy atom. The molecule has 0 nitrogen and oxygen atoms in total. The van der Waals surface area contributed by atoms with E-state index < -0.39 is 0 Å². The number of rotatable bonds is 29. The maximum atomic E-state index is 2.37. The summed E-state index contributed by atoms with van der Waals surface area (Å²) in [6.07, 6.45) is 41.2.